The molecule has 0 aliphatic heterocycles. The van der Waals surface area contributed by atoms with E-state index in [-0.39, 0.29) is 0 Å². The zero-order chi connectivity index (χ0) is 9.99. The molecule has 0 radical (unpaired) electrons. The molecule has 0 heterocycles. The van der Waals surface area contributed by atoms with Crippen LogP contribution < -0.4 is 5.14 Å². The van der Waals surface area contributed by atoms with Crippen molar-refractivity contribution in [1.82, 2.24) is 0 Å². The highest BCUT2D eigenvalue weighted by molar-refractivity contribution is 7.84. The number of hydrogen-bond acceptors (Lipinski definition) is 4. The van der Waals surface area contributed by atoms with E-state index in [1.54, 1.807) is 20.8 Å². The molecular weight excluding hydrogens is 182 g/mol. The Labute approximate surface area is 72.1 Å². The van der Waals surface area contributed by atoms with Crippen LogP contribution in [0.4, 0.5) is 0 Å². The average molecular weight is 195 g/mol. The van der Waals surface area contributed by atoms with Gasteiger partial charge in [0.15, 0.2) is 0 Å². The molecule has 0 bridgehead atoms. The molecule has 0 aromatic heterocycles. The molecule has 0 aromatic rings. The van der Waals surface area contributed by atoms with Crippen molar-refractivity contribution in [3.63, 3.8) is 0 Å². The molecule has 0 atom stereocenters. The van der Waals surface area contributed by atoms with Crippen LogP contribution in [0.1, 0.15) is 27.2 Å². The molecule has 2 N–H and O–H groups in total. The fourth-order valence-electron chi connectivity index (χ4n) is 0.363. The topological polar surface area (TPSA) is 86.5 Å². The summed E-state index contributed by atoms with van der Waals surface area (Å²) in [6.07, 6.45) is 0.487. The fourth-order valence-corrected chi connectivity index (χ4v) is 0.799. The summed E-state index contributed by atoms with van der Waals surface area (Å²) in [4.78, 5) is 11.0. The smallest absolute Gasteiger partial charge is 0.334 e. The highest BCUT2D eigenvalue weighted by atomic mass is 32.2. The molecule has 0 aliphatic carbocycles. The van der Waals surface area contributed by atoms with Gasteiger partial charge in [-0.25, -0.2) is 0 Å². The van der Waals surface area contributed by atoms with Gasteiger partial charge in [-0.15, -0.1) is 0 Å². The fraction of sp³-hybridized carbons (Fsp3) is 0.833. The summed E-state index contributed by atoms with van der Waals surface area (Å²) in [6, 6.07) is 0. The first-order chi connectivity index (χ1) is 5.19. The number of carbonyl (C=O) groups is 1. The highest BCUT2D eigenvalue weighted by Gasteiger charge is 2.30. The summed E-state index contributed by atoms with van der Waals surface area (Å²) in [5.74, 6) is -0.826. The maximum absolute atomic E-state index is 11.0. The third-order valence-electron chi connectivity index (χ3n) is 1.63. The summed E-state index contributed by atoms with van der Waals surface area (Å²) in [5, 5.41) is 4.52. The lowest BCUT2D eigenvalue weighted by molar-refractivity contribution is -0.143. The van der Waals surface area contributed by atoms with Crippen LogP contribution in [-0.4, -0.2) is 14.4 Å². The number of carbonyl (C=O) groups excluding carboxylic acids is 1. The maximum atomic E-state index is 11.0. The van der Waals surface area contributed by atoms with Gasteiger partial charge >= 0.3 is 16.3 Å². The lowest BCUT2D eigenvalue weighted by Crippen LogP contribution is -2.30. The minimum absolute atomic E-state index is 0.487. The van der Waals surface area contributed by atoms with Crippen LogP contribution in [0, 0.1) is 5.41 Å². The summed E-state index contributed by atoms with van der Waals surface area (Å²) in [6.45, 7) is 4.92. The minimum atomic E-state index is -4.17. The molecule has 0 spiro atoms. The van der Waals surface area contributed by atoms with Crippen molar-refractivity contribution in [2.75, 3.05) is 0 Å². The number of rotatable bonds is 3. The van der Waals surface area contributed by atoms with E-state index in [9.17, 15) is 13.2 Å². The quantitative estimate of drug-likeness (QED) is 0.695. The van der Waals surface area contributed by atoms with Crippen molar-refractivity contribution in [2.45, 2.75) is 27.2 Å². The molecule has 0 unspecified atom stereocenters. The van der Waals surface area contributed by atoms with E-state index in [2.05, 4.69) is 9.32 Å². The Balaban J connectivity index is 4.44. The van der Waals surface area contributed by atoms with Gasteiger partial charge in [-0.2, -0.15) is 13.6 Å². The van der Waals surface area contributed by atoms with E-state index >= 15 is 0 Å². The van der Waals surface area contributed by atoms with Crippen LogP contribution in [0.15, 0.2) is 0 Å². The SMILES string of the molecule is CCC(C)(C)C(=O)OS(N)(=O)=O. The second-order valence-electron chi connectivity index (χ2n) is 3.10. The number of hydrogen-bond donors (Lipinski definition) is 1. The van der Waals surface area contributed by atoms with Crippen LogP contribution in [0.25, 0.3) is 0 Å². The second-order valence-corrected chi connectivity index (χ2v) is 4.25. The van der Waals surface area contributed by atoms with E-state index in [0.29, 0.717) is 6.42 Å². The molecule has 72 valence electrons. The summed E-state index contributed by atoms with van der Waals surface area (Å²) < 4.78 is 24.7. The van der Waals surface area contributed by atoms with Crippen LogP contribution in [-0.2, 0) is 19.3 Å². The Morgan fingerprint density at radius 3 is 2.17 bits per heavy atom. The molecule has 0 saturated carbocycles. The van der Waals surface area contributed by atoms with Crippen molar-refractivity contribution in [2.24, 2.45) is 10.6 Å². The normalized spacial score (nSPS) is 12.7. The Morgan fingerprint density at radius 1 is 1.50 bits per heavy atom. The van der Waals surface area contributed by atoms with Crippen molar-refractivity contribution >= 4 is 16.3 Å². The lowest BCUT2D eigenvalue weighted by Gasteiger charge is -2.18. The monoisotopic (exact) mass is 195 g/mol. The van der Waals surface area contributed by atoms with E-state index in [1.165, 1.54) is 0 Å². The van der Waals surface area contributed by atoms with Gasteiger partial charge in [0.1, 0.15) is 0 Å². The average Bonchev–Trinajstić information content (AvgIpc) is 1.84. The minimum Gasteiger partial charge on any atom is -0.334 e. The Hall–Kier alpha value is -0.620. The first kappa shape index (κ1) is 11.4. The first-order valence-electron chi connectivity index (χ1n) is 3.45. The van der Waals surface area contributed by atoms with E-state index in [4.69, 9.17) is 0 Å². The van der Waals surface area contributed by atoms with E-state index in [1.807, 2.05) is 0 Å². The van der Waals surface area contributed by atoms with Crippen LogP contribution >= 0.6 is 0 Å². The largest absolute Gasteiger partial charge is 0.382 e. The molecule has 6 heteroatoms. The zero-order valence-electron chi connectivity index (χ0n) is 7.33. The van der Waals surface area contributed by atoms with Crippen molar-refractivity contribution in [3.05, 3.63) is 0 Å². The standard InChI is InChI=1S/C6H13NO4S/c1-4-6(2,3)5(8)11-12(7,9)10/h4H2,1-3H3,(H2,7,9,10). The van der Waals surface area contributed by atoms with Gasteiger partial charge in [-0.05, 0) is 20.3 Å². The Morgan fingerprint density at radius 2 is 1.92 bits per heavy atom. The van der Waals surface area contributed by atoms with Gasteiger partial charge < -0.3 is 4.18 Å². The highest BCUT2D eigenvalue weighted by Crippen LogP contribution is 2.21. The molecule has 0 aliphatic rings. The third kappa shape index (κ3) is 3.68. The summed E-state index contributed by atoms with van der Waals surface area (Å²) >= 11 is 0. The van der Waals surface area contributed by atoms with Gasteiger partial charge in [0, 0.05) is 0 Å². The predicted molar refractivity (Wildman–Crippen MR) is 43.3 cm³/mol. The molecule has 0 saturated heterocycles. The molecular formula is C6H13NO4S. The molecule has 12 heavy (non-hydrogen) atoms. The number of nitrogens with two attached hydrogens (primary N) is 1. The molecule has 0 fully saturated rings. The van der Waals surface area contributed by atoms with Gasteiger partial charge in [0.25, 0.3) is 0 Å². The van der Waals surface area contributed by atoms with E-state index in [0.717, 1.165) is 0 Å². The van der Waals surface area contributed by atoms with Gasteiger partial charge in [-0.1, -0.05) is 6.92 Å². The van der Waals surface area contributed by atoms with Crippen LogP contribution in [0.3, 0.4) is 0 Å². The van der Waals surface area contributed by atoms with Crippen molar-refractivity contribution in [3.8, 4) is 0 Å². The predicted octanol–water partition coefficient (Wildman–Crippen LogP) is 0.169. The molecule has 0 rings (SSSR count). The molecule has 5 nitrogen and oxygen atoms in total. The van der Waals surface area contributed by atoms with Crippen molar-refractivity contribution in [1.29, 1.82) is 0 Å². The van der Waals surface area contributed by atoms with Gasteiger partial charge in [-0.3, -0.25) is 4.79 Å². The Bertz CT molecular complexity index is 267. The second kappa shape index (κ2) is 3.40. The Kier molecular flexibility index (Phi) is 3.23. The van der Waals surface area contributed by atoms with Crippen molar-refractivity contribution < 1.29 is 17.4 Å². The zero-order valence-corrected chi connectivity index (χ0v) is 8.14. The van der Waals surface area contributed by atoms with Gasteiger partial charge in [0.05, 0.1) is 5.41 Å². The molecule has 0 amide bonds. The van der Waals surface area contributed by atoms with Crippen LogP contribution in [0.5, 0.6) is 0 Å². The van der Waals surface area contributed by atoms with E-state index < -0.39 is 21.7 Å². The molecule has 0 aromatic carbocycles. The summed E-state index contributed by atoms with van der Waals surface area (Å²) in [7, 11) is -4.17. The lowest BCUT2D eigenvalue weighted by atomic mass is 9.91. The summed E-state index contributed by atoms with van der Waals surface area (Å²) in [5.41, 5.74) is -0.813. The van der Waals surface area contributed by atoms with Crippen LogP contribution in [0.2, 0.25) is 0 Å². The van der Waals surface area contributed by atoms with Gasteiger partial charge in [0.2, 0.25) is 0 Å². The first-order valence-corrected chi connectivity index (χ1v) is 4.93. The third-order valence-corrected chi connectivity index (χ3v) is 2.01. The maximum Gasteiger partial charge on any atom is 0.382 e.